The predicted octanol–water partition coefficient (Wildman–Crippen LogP) is -0.587. The summed E-state index contributed by atoms with van der Waals surface area (Å²) >= 11 is 0. The van der Waals surface area contributed by atoms with Gasteiger partial charge in [0.2, 0.25) is 0 Å². The monoisotopic (exact) mass is 196 g/mol. The average Bonchev–Trinajstić information content (AvgIpc) is 2.13. The number of carboxylic acids is 1. The molecule has 1 unspecified atom stereocenters. The van der Waals surface area contributed by atoms with Crippen LogP contribution in [0.1, 0.15) is 6.42 Å². The molecule has 14 heavy (non-hydrogen) atoms. The molecule has 6 nitrogen and oxygen atoms in total. The molecular weight excluding hydrogens is 184 g/mol. The van der Waals surface area contributed by atoms with Gasteiger partial charge in [0.1, 0.15) is 0 Å². The lowest BCUT2D eigenvalue weighted by Gasteiger charge is -2.44. The van der Waals surface area contributed by atoms with Gasteiger partial charge in [-0.1, -0.05) is 18.2 Å². The molecule has 1 aliphatic heterocycles. The van der Waals surface area contributed by atoms with Crippen molar-refractivity contribution in [3.63, 3.8) is 0 Å². The van der Waals surface area contributed by atoms with Crippen LogP contribution in [0.3, 0.4) is 0 Å². The first kappa shape index (κ1) is 9.35. The average molecular weight is 196 g/mol. The maximum Gasteiger partial charge on any atom is 0.335 e. The number of aliphatic carboxylic acids is 1. The Bertz CT molecular complexity index is 306. The SMILES string of the molecule is CN1NN(C2C=CC(C(=O)O)=CC2)N1. The van der Waals surface area contributed by atoms with E-state index in [4.69, 9.17) is 5.11 Å². The summed E-state index contributed by atoms with van der Waals surface area (Å²) in [4.78, 5) is 10.6. The summed E-state index contributed by atoms with van der Waals surface area (Å²) in [5.41, 5.74) is 6.32. The third-order valence-corrected chi connectivity index (χ3v) is 2.17. The second-order valence-corrected chi connectivity index (χ2v) is 3.26. The molecule has 0 aromatic carbocycles. The zero-order valence-corrected chi connectivity index (χ0v) is 7.77. The molecule has 1 fully saturated rings. The Morgan fingerprint density at radius 3 is 2.79 bits per heavy atom. The third kappa shape index (κ3) is 1.68. The molecule has 1 atom stereocenters. The highest BCUT2D eigenvalue weighted by atomic mass is 16.4. The van der Waals surface area contributed by atoms with Crippen LogP contribution in [0.4, 0.5) is 0 Å². The first-order valence-electron chi connectivity index (χ1n) is 4.34. The Morgan fingerprint density at radius 1 is 1.64 bits per heavy atom. The minimum atomic E-state index is -0.874. The van der Waals surface area contributed by atoms with Crippen LogP contribution in [0, 0.1) is 0 Å². The van der Waals surface area contributed by atoms with Crippen LogP contribution in [0.25, 0.3) is 0 Å². The highest BCUT2D eigenvalue weighted by molar-refractivity contribution is 5.90. The van der Waals surface area contributed by atoms with Gasteiger partial charge >= 0.3 is 5.97 Å². The molecule has 6 heteroatoms. The summed E-state index contributed by atoms with van der Waals surface area (Å²) in [5, 5.41) is 12.2. The Hall–Kier alpha value is -1.21. The van der Waals surface area contributed by atoms with Crippen LogP contribution in [0.5, 0.6) is 0 Å². The van der Waals surface area contributed by atoms with Gasteiger partial charge in [0.05, 0.1) is 11.6 Å². The molecule has 2 rings (SSSR count). The Kier molecular flexibility index (Phi) is 2.34. The summed E-state index contributed by atoms with van der Waals surface area (Å²) in [6.07, 6.45) is 5.88. The van der Waals surface area contributed by atoms with Gasteiger partial charge in [-0.25, -0.2) is 4.79 Å². The molecule has 3 N–H and O–H groups in total. The summed E-state index contributed by atoms with van der Waals surface area (Å²) in [7, 11) is 1.85. The number of nitrogens with zero attached hydrogens (tertiary/aromatic N) is 2. The van der Waals surface area contributed by atoms with Crippen LogP contribution in [-0.2, 0) is 4.79 Å². The van der Waals surface area contributed by atoms with E-state index in [1.54, 1.807) is 17.3 Å². The number of hydrazine groups is 4. The van der Waals surface area contributed by atoms with Gasteiger partial charge in [-0.2, -0.15) is 16.2 Å². The molecule has 1 saturated heterocycles. The van der Waals surface area contributed by atoms with Crippen LogP contribution in [0.2, 0.25) is 0 Å². The molecule has 76 valence electrons. The van der Waals surface area contributed by atoms with Crippen molar-refractivity contribution < 1.29 is 9.90 Å². The Balaban J connectivity index is 1.91. The molecule has 0 aromatic rings. The van der Waals surface area contributed by atoms with Crippen LogP contribution >= 0.6 is 0 Å². The lowest BCUT2D eigenvalue weighted by atomic mass is 10.0. The van der Waals surface area contributed by atoms with E-state index in [0.717, 1.165) is 0 Å². The summed E-state index contributed by atoms with van der Waals surface area (Å²) in [6, 6.07) is 0.161. The fraction of sp³-hybridized carbons (Fsp3) is 0.375. The van der Waals surface area contributed by atoms with Crippen LogP contribution in [0.15, 0.2) is 23.8 Å². The first-order valence-corrected chi connectivity index (χ1v) is 4.34. The fourth-order valence-corrected chi connectivity index (χ4v) is 1.43. The van der Waals surface area contributed by atoms with Gasteiger partial charge in [0.25, 0.3) is 0 Å². The minimum absolute atomic E-state index is 0.161. The van der Waals surface area contributed by atoms with Crippen molar-refractivity contribution in [3.05, 3.63) is 23.8 Å². The number of rotatable bonds is 2. The zero-order valence-electron chi connectivity index (χ0n) is 7.77. The summed E-state index contributed by atoms with van der Waals surface area (Å²) < 4.78 is 0. The molecular formula is C8H12N4O2. The van der Waals surface area contributed by atoms with E-state index in [1.165, 1.54) is 0 Å². The van der Waals surface area contributed by atoms with Crippen molar-refractivity contribution in [1.29, 1.82) is 0 Å². The quantitative estimate of drug-likeness (QED) is 0.548. The largest absolute Gasteiger partial charge is 0.478 e. The van der Waals surface area contributed by atoms with Gasteiger partial charge in [-0.15, -0.1) is 5.12 Å². The van der Waals surface area contributed by atoms with Crippen molar-refractivity contribution in [2.24, 2.45) is 0 Å². The topological polar surface area (TPSA) is 67.8 Å². The second-order valence-electron chi connectivity index (χ2n) is 3.26. The number of carbonyl (C=O) groups is 1. The van der Waals surface area contributed by atoms with Gasteiger partial charge in [0.15, 0.2) is 0 Å². The molecule has 0 aromatic heterocycles. The maximum absolute atomic E-state index is 10.6. The number of hydrogen-bond acceptors (Lipinski definition) is 5. The Labute approximate surface area is 81.4 Å². The highest BCUT2D eigenvalue weighted by Gasteiger charge is 2.26. The molecule has 1 heterocycles. The summed E-state index contributed by atoms with van der Waals surface area (Å²) in [6.45, 7) is 0. The standard InChI is InChI=1S/C8H12N4O2/c1-11-9-12(10-11)7-4-2-6(3-5-7)8(13)14/h2-4,7,9-10H,5H2,1H3,(H,13,14). The van der Waals surface area contributed by atoms with Crippen molar-refractivity contribution in [2.75, 3.05) is 7.05 Å². The van der Waals surface area contributed by atoms with Gasteiger partial charge in [-0.05, 0) is 6.42 Å². The Morgan fingerprint density at radius 2 is 2.36 bits per heavy atom. The van der Waals surface area contributed by atoms with E-state index >= 15 is 0 Å². The van der Waals surface area contributed by atoms with E-state index in [-0.39, 0.29) is 6.04 Å². The van der Waals surface area contributed by atoms with Crippen LogP contribution < -0.4 is 11.1 Å². The van der Waals surface area contributed by atoms with E-state index in [1.807, 2.05) is 18.2 Å². The molecule has 0 spiro atoms. The number of hydrogen-bond donors (Lipinski definition) is 3. The number of carboxylic acid groups (broad SMARTS) is 1. The normalized spacial score (nSPS) is 28.4. The zero-order chi connectivity index (χ0) is 10.1. The number of nitrogens with one attached hydrogen (secondary N) is 2. The highest BCUT2D eigenvalue weighted by Crippen LogP contribution is 2.15. The minimum Gasteiger partial charge on any atom is -0.478 e. The van der Waals surface area contributed by atoms with Crippen molar-refractivity contribution in [1.82, 2.24) is 21.3 Å². The first-order chi connectivity index (χ1) is 6.66. The molecule has 0 bridgehead atoms. The smallest absolute Gasteiger partial charge is 0.335 e. The van der Waals surface area contributed by atoms with Gasteiger partial charge < -0.3 is 5.11 Å². The third-order valence-electron chi connectivity index (χ3n) is 2.17. The maximum atomic E-state index is 10.6. The van der Waals surface area contributed by atoms with Gasteiger partial charge in [0, 0.05) is 7.05 Å². The molecule has 2 aliphatic rings. The molecule has 1 aliphatic carbocycles. The van der Waals surface area contributed by atoms with Crippen molar-refractivity contribution in [3.8, 4) is 0 Å². The van der Waals surface area contributed by atoms with Crippen molar-refractivity contribution >= 4 is 5.97 Å². The van der Waals surface area contributed by atoms with E-state index in [9.17, 15) is 4.79 Å². The van der Waals surface area contributed by atoms with E-state index in [0.29, 0.717) is 12.0 Å². The molecule has 0 radical (unpaired) electrons. The lowest BCUT2D eigenvalue weighted by Crippen LogP contribution is -2.75. The van der Waals surface area contributed by atoms with E-state index in [2.05, 4.69) is 11.1 Å². The molecule has 0 amide bonds. The summed E-state index contributed by atoms with van der Waals surface area (Å²) in [5.74, 6) is -0.874. The van der Waals surface area contributed by atoms with Crippen molar-refractivity contribution in [2.45, 2.75) is 12.5 Å². The second kappa shape index (κ2) is 3.50. The predicted molar refractivity (Wildman–Crippen MR) is 49.1 cm³/mol. The fourth-order valence-electron chi connectivity index (χ4n) is 1.43. The van der Waals surface area contributed by atoms with Crippen LogP contribution in [-0.4, -0.2) is 34.4 Å². The lowest BCUT2D eigenvalue weighted by molar-refractivity contribution is -0.221. The molecule has 0 saturated carbocycles. The van der Waals surface area contributed by atoms with Gasteiger partial charge in [-0.3, -0.25) is 0 Å². The van der Waals surface area contributed by atoms with E-state index < -0.39 is 5.97 Å².